The molecule has 1 N–H and O–H groups in total. The highest BCUT2D eigenvalue weighted by molar-refractivity contribution is 5.96. The fraction of sp³-hybridized carbons (Fsp3) is 0.179. The van der Waals surface area contributed by atoms with Crippen LogP contribution in [-0.4, -0.2) is 41.9 Å². The predicted molar refractivity (Wildman–Crippen MR) is 133 cm³/mol. The van der Waals surface area contributed by atoms with E-state index in [1.807, 2.05) is 89.8 Å². The minimum atomic E-state index is -0.366. The molecular formula is C28H26N2O5. The zero-order valence-electron chi connectivity index (χ0n) is 19.3. The second-order valence-corrected chi connectivity index (χ2v) is 8.28. The van der Waals surface area contributed by atoms with Gasteiger partial charge in [0, 0.05) is 12.4 Å². The Morgan fingerprint density at radius 3 is 2.34 bits per heavy atom. The van der Waals surface area contributed by atoms with Gasteiger partial charge in [-0.2, -0.15) is 0 Å². The summed E-state index contributed by atoms with van der Waals surface area (Å²) in [5.41, 5.74) is 3.08. The lowest BCUT2D eigenvalue weighted by Crippen LogP contribution is -2.54. The lowest BCUT2D eigenvalue weighted by molar-refractivity contribution is 0.0600. The molecule has 0 atom stereocenters. The van der Waals surface area contributed by atoms with Crippen LogP contribution in [-0.2, 0) is 11.3 Å². The van der Waals surface area contributed by atoms with Crippen LogP contribution in [0.2, 0.25) is 0 Å². The van der Waals surface area contributed by atoms with Crippen LogP contribution in [0.15, 0.2) is 91.3 Å². The van der Waals surface area contributed by atoms with Gasteiger partial charge in [-0.05, 0) is 66.2 Å². The number of anilines is 1. The highest BCUT2D eigenvalue weighted by Gasteiger charge is 2.32. The Labute approximate surface area is 203 Å². The first-order valence-electron chi connectivity index (χ1n) is 11.4. The Morgan fingerprint density at radius 2 is 1.63 bits per heavy atom. The standard InChI is InChI=1S/C28H26N2O5/c1-33-28(32)25-8-5-9-26(27(25)29-14-2-3-15-29)30-17-24(18-30)35-22-12-10-21(11-13-22)34-23-7-4-6-20(16-23)19-31/h2-16,24,31H,17-19H2,1H3. The number of benzene rings is 3. The smallest absolute Gasteiger partial charge is 0.340 e. The van der Waals surface area contributed by atoms with Crippen LogP contribution in [0, 0.1) is 0 Å². The minimum Gasteiger partial charge on any atom is -0.487 e. The van der Waals surface area contributed by atoms with Gasteiger partial charge in [0.15, 0.2) is 0 Å². The number of esters is 1. The zero-order valence-corrected chi connectivity index (χ0v) is 19.3. The van der Waals surface area contributed by atoms with Crippen LogP contribution in [0.25, 0.3) is 5.69 Å². The summed E-state index contributed by atoms with van der Waals surface area (Å²) in [6, 6.07) is 24.4. The highest BCUT2D eigenvalue weighted by atomic mass is 16.5. The van der Waals surface area contributed by atoms with Crippen molar-refractivity contribution in [2.75, 3.05) is 25.1 Å². The van der Waals surface area contributed by atoms with E-state index in [1.54, 1.807) is 6.07 Å². The summed E-state index contributed by atoms with van der Waals surface area (Å²) < 4.78 is 19.0. The molecule has 0 amide bonds. The molecule has 35 heavy (non-hydrogen) atoms. The van der Waals surface area contributed by atoms with Crippen molar-refractivity contribution in [3.8, 4) is 22.9 Å². The van der Waals surface area contributed by atoms with E-state index in [0.29, 0.717) is 30.2 Å². The van der Waals surface area contributed by atoms with Gasteiger partial charge >= 0.3 is 5.97 Å². The summed E-state index contributed by atoms with van der Waals surface area (Å²) in [7, 11) is 1.39. The summed E-state index contributed by atoms with van der Waals surface area (Å²) in [6.45, 7) is 1.37. The molecular weight excluding hydrogens is 444 g/mol. The molecule has 1 aliphatic heterocycles. The van der Waals surface area contributed by atoms with Crippen molar-refractivity contribution in [3.05, 3.63) is 102 Å². The van der Waals surface area contributed by atoms with Crippen molar-refractivity contribution >= 4 is 11.7 Å². The molecule has 0 saturated carbocycles. The van der Waals surface area contributed by atoms with Crippen molar-refractivity contribution in [1.29, 1.82) is 0 Å². The third kappa shape index (κ3) is 4.85. The van der Waals surface area contributed by atoms with Crippen LogP contribution in [0.1, 0.15) is 15.9 Å². The molecule has 0 aliphatic carbocycles. The van der Waals surface area contributed by atoms with Gasteiger partial charge < -0.3 is 28.8 Å². The van der Waals surface area contributed by atoms with Crippen LogP contribution >= 0.6 is 0 Å². The fourth-order valence-electron chi connectivity index (χ4n) is 4.15. The number of aliphatic hydroxyl groups is 1. The first kappa shape index (κ1) is 22.6. The molecule has 1 aliphatic rings. The number of hydrogen-bond acceptors (Lipinski definition) is 6. The average molecular weight is 471 g/mol. The van der Waals surface area contributed by atoms with Gasteiger partial charge in [0.25, 0.3) is 0 Å². The number of nitrogens with zero attached hydrogens (tertiary/aromatic N) is 2. The van der Waals surface area contributed by atoms with E-state index < -0.39 is 0 Å². The summed E-state index contributed by atoms with van der Waals surface area (Å²) in [6.07, 6.45) is 3.87. The molecule has 178 valence electrons. The third-order valence-electron chi connectivity index (χ3n) is 5.91. The van der Waals surface area contributed by atoms with Gasteiger partial charge in [0.05, 0.1) is 43.7 Å². The number of rotatable bonds is 8. The van der Waals surface area contributed by atoms with Gasteiger partial charge in [-0.1, -0.05) is 18.2 Å². The second-order valence-electron chi connectivity index (χ2n) is 8.28. The molecule has 7 heteroatoms. The van der Waals surface area contributed by atoms with Crippen LogP contribution in [0.4, 0.5) is 5.69 Å². The van der Waals surface area contributed by atoms with E-state index in [2.05, 4.69) is 4.90 Å². The van der Waals surface area contributed by atoms with Gasteiger partial charge in [-0.25, -0.2) is 4.79 Å². The molecule has 5 rings (SSSR count). The molecule has 2 heterocycles. The first-order valence-corrected chi connectivity index (χ1v) is 11.4. The number of methoxy groups -OCH3 is 1. The topological polar surface area (TPSA) is 73.2 Å². The van der Waals surface area contributed by atoms with E-state index in [9.17, 15) is 9.90 Å². The molecule has 0 spiro atoms. The van der Waals surface area contributed by atoms with Crippen LogP contribution in [0.3, 0.4) is 0 Å². The monoisotopic (exact) mass is 470 g/mol. The summed E-state index contributed by atoms with van der Waals surface area (Å²) in [5.74, 6) is 1.76. The van der Waals surface area contributed by atoms with Crippen LogP contribution < -0.4 is 14.4 Å². The zero-order chi connectivity index (χ0) is 24.2. The normalized spacial score (nSPS) is 13.3. The largest absolute Gasteiger partial charge is 0.487 e. The summed E-state index contributed by atoms with van der Waals surface area (Å²) >= 11 is 0. The average Bonchev–Trinajstić information content (AvgIpc) is 3.41. The van der Waals surface area contributed by atoms with Crippen LogP contribution in [0.5, 0.6) is 17.2 Å². The Morgan fingerprint density at radius 1 is 0.914 bits per heavy atom. The molecule has 1 fully saturated rings. The summed E-state index contributed by atoms with van der Waals surface area (Å²) in [5, 5.41) is 9.28. The Balaban J connectivity index is 1.24. The van der Waals surface area contributed by atoms with E-state index in [-0.39, 0.29) is 18.7 Å². The quantitative estimate of drug-likeness (QED) is 0.373. The molecule has 1 aromatic heterocycles. The Bertz CT molecular complexity index is 1300. The van der Waals surface area contributed by atoms with E-state index in [1.165, 1.54) is 7.11 Å². The minimum absolute atomic E-state index is 0.0255. The van der Waals surface area contributed by atoms with E-state index in [0.717, 1.165) is 22.7 Å². The maximum absolute atomic E-state index is 12.4. The number of carbonyl (C=O) groups is 1. The molecule has 4 aromatic rings. The van der Waals surface area contributed by atoms with Gasteiger partial charge in [-0.15, -0.1) is 0 Å². The number of para-hydroxylation sites is 1. The van der Waals surface area contributed by atoms with Crippen molar-refractivity contribution in [1.82, 2.24) is 4.57 Å². The number of ether oxygens (including phenoxy) is 3. The maximum atomic E-state index is 12.4. The molecule has 3 aromatic carbocycles. The van der Waals surface area contributed by atoms with Gasteiger partial charge in [0.1, 0.15) is 23.4 Å². The number of aromatic nitrogens is 1. The van der Waals surface area contributed by atoms with E-state index >= 15 is 0 Å². The first-order chi connectivity index (χ1) is 17.1. The summed E-state index contributed by atoms with van der Waals surface area (Å²) in [4.78, 5) is 14.6. The van der Waals surface area contributed by atoms with Crippen molar-refractivity contribution in [2.45, 2.75) is 12.7 Å². The van der Waals surface area contributed by atoms with Crippen molar-refractivity contribution in [3.63, 3.8) is 0 Å². The molecule has 0 unspecified atom stereocenters. The number of hydrogen-bond donors (Lipinski definition) is 1. The third-order valence-corrected chi connectivity index (χ3v) is 5.91. The molecule has 0 radical (unpaired) electrons. The second kappa shape index (κ2) is 9.95. The van der Waals surface area contributed by atoms with Crippen molar-refractivity contribution in [2.24, 2.45) is 0 Å². The van der Waals surface area contributed by atoms with Gasteiger partial charge in [-0.3, -0.25) is 0 Å². The van der Waals surface area contributed by atoms with E-state index in [4.69, 9.17) is 14.2 Å². The predicted octanol–water partition coefficient (Wildman–Crippen LogP) is 4.82. The molecule has 0 bridgehead atoms. The molecule has 1 saturated heterocycles. The maximum Gasteiger partial charge on any atom is 0.340 e. The molecule has 7 nitrogen and oxygen atoms in total. The lowest BCUT2D eigenvalue weighted by atomic mass is 10.1. The lowest BCUT2D eigenvalue weighted by Gasteiger charge is -2.41. The Kier molecular flexibility index (Phi) is 6.41. The van der Waals surface area contributed by atoms with Crippen molar-refractivity contribution < 1.29 is 24.1 Å². The Hall–Kier alpha value is -4.23. The van der Waals surface area contributed by atoms with Gasteiger partial charge in [0.2, 0.25) is 0 Å². The fourth-order valence-corrected chi connectivity index (χ4v) is 4.15. The number of carbonyl (C=O) groups excluding carboxylic acids is 1. The highest BCUT2D eigenvalue weighted by Crippen LogP contribution is 2.33. The number of aliphatic hydroxyl groups excluding tert-OH is 1. The SMILES string of the molecule is COC(=O)c1cccc(N2CC(Oc3ccc(Oc4cccc(CO)c4)cc3)C2)c1-n1cccc1.